The predicted molar refractivity (Wildman–Crippen MR) is 63.5 cm³/mol. The summed E-state index contributed by atoms with van der Waals surface area (Å²) >= 11 is 5.69. The van der Waals surface area contributed by atoms with Gasteiger partial charge in [-0.3, -0.25) is 4.79 Å². The van der Waals surface area contributed by atoms with Crippen LogP contribution < -0.4 is 5.32 Å². The van der Waals surface area contributed by atoms with Gasteiger partial charge in [0, 0.05) is 5.02 Å². The molecule has 0 aliphatic rings. The highest BCUT2D eigenvalue weighted by Gasteiger charge is 2.21. The highest BCUT2D eigenvalue weighted by Crippen LogP contribution is 2.21. The van der Waals surface area contributed by atoms with Crippen molar-refractivity contribution in [3.05, 3.63) is 28.8 Å². The average Bonchev–Trinajstić information content (AvgIpc) is 2.29. The zero-order valence-corrected chi connectivity index (χ0v) is 9.81. The Morgan fingerprint density at radius 1 is 1.44 bits per heavy atom. The summed E-state index contributed by atoms with van der Waals surface area (Å²) in [6.45, 7) is 0. The van der Waals surface area contributed by atoms with E-state index in [1.165, 1.54) is 18.2 Å². The number of halogens is 1. The Balaban J connectivity index is 2.97. The molecule has 3 N–H and O–H groups in total. The minimum Gasteiger partial charge on any atom is -0.481 e. The molecule has 0 heterocycles. The van der Waals surface area contributed by atoms with Crippen LogP contribution in [-0.2, 0) is 9.59 Å². The summed E-state index contributed by atoms with van der Waals surface area (Å²) in [6.07, 6.45) is -0.594. The van der Waals surface area contributed by atoms with Crippen LogP contribution in [0.25, 0.3) is 0 Å². The normalized spacial score (nSPS) is 11.3. The number of aliphatic carboxylic acids is 2. The van der Waals surface area contributed by atoms with Gasteiger partial charge in [0.05, 0.1) is 17.7 Å². The maximum absolute atomic E-state index is 10.9. The van der Waals surface area contributed by atoms with Crippen molar-refractivity contribution < 1.29 is 19.8 Å². The van der Waals surface area contributed by atoms with E-state index in [2.05, 4.69) is 5.32 Å². The van der Waals surface area contributed by atoms with Crippen LogP contribution in [0.5, 0.6) is 0 Å². The molecule has 0 saturated heterocycles. The van der Waals surface area contributed by atoms with E-state index in [0.717, 1.165) is 0 Å². The van der Waals surface area contributed by atoms with E-state index in [-0.39, 0.29) is 11.3 Å². The lowest BCUT2D eigenvalue weighted by atomic mass is 10.1. The Labute approximate surface area is 107 Å². The molecule has 1 aromatic rings. The zero-order valence-electron chi connectivity index (χ0n) is 9.05. The van der Waals surface area contributed by atoms with Gasteiger partial charge in [-0.15, -0.1) is 0 Å². The number of nitriles is 1. The molecule has 0 aromatic heterocycles. The van der Waals surface area contributed by atoms with E-state index in [4.69, 9.17) is 27.1 Å². The summed E-state index contributed by atoms with van der Waals surface area (Å²) in [7, 11) is 0. The van der Waals surface area contributed by atoms with E-state index in [9.17, 15) is 9.59 Å². The monoisotopic (exact) mass is 268 g/mol. The van der Waals surface area contributed by atoms with Gasteiger partial charge in [-0.25, -0.2) is 4.79 Å². The number of hydrogen-bond acceptors (Lipinski definition) is 4. The van der Waals surface area contributed by atoms with Crippen LogP contribution in [0, 0.1) is 11.3 Å². The number of hydrogen-bond donors (Lipinski definition) is 3. The fourth-order valence-electron chi connectivity index (χ4n) is 1.30. The van der Waals surface area contributed by atoms with Crippen molar-refractivity contribution in [3.63, 3.8) is 0 Å². The second-order valence-electron chi connectivity index (χ2n) is 3.43. The first-order valence-electron chi connectivity index (χ1n) is 4.85. The lowest BCUT2D eigenvalue weighted by molar-refractivity contribution is -0.144. The van der Waals surface area contributed by atoms with Crippen LogP contribution in [0.15, 0.2) is 18.2 Å². The molecule has 0 spiro atoms. The minimum absolute atomic E-state index is 0.152. The zero-order chi connectivity index (χ0) is 13.7. The highest BCUT2D eigenvalue weighted by atomic mass is 35.5. The summed E-state index contributed by atoms with van der Waals surface area (Å²) in [4.78, 5) is 21.4. The van der Waals surface area contributed by atoms with Gasteiger partial charge in [-0.1, -0.05) is 11.6 Å². The van der Waals surface area contributed by atoms with E-state index in [1.54, 1.807) is 0 Å². The molecule has 0 fully saturated rings. The van der Waals surface area contributed by atoms with Crippen LogP contribution in [-0.4, -0.2) is 28.2 Å². The highest BCUT2D eigenvalue weighted by molar-refractivity contribution is 6.30. The number of carboxylic acids is 2. The van der Waals surface area contributed by atoms with Crippen LogP contribution in [0.1, 0.15) is 12.0 Å². The molecule has 7 heteroatoms. The quantitative estimate of drug-likeness (QED) is 0.747. The van der Waals surface area contributed by atoms with Crippen LogP contribution in [0.3, 0.4) is 0 Å². The summed E-state index contributed by atoms with van der Waals surface area (Å²) < 4.78 is 0. The molecule has 1 atom stereocenters. The molecule has 1 unspecified atom stereocenters. The first-order valence-corrected chi connectivity index (χ1v) is 5.22. The smallest absolute Gasteiger partial charge is 0.326 e. The van der Waals surface area contributed by atoms with Gasteiger partial charge in [0.25, 0.3) is 0 Å². The van der Waals surface area contributed by atoms with Crippen molar-refractivity contribution in [1.82, 2.24) is 0 Å². The lowest BCUT2D eigenvalue weighted by Gasteiger charge is -2.14. The average molecular weight is 269 g/mol. The fourth-order valence-corrected chi connectivity index (χ4v) is 1.47. The molecule has 0 radical (unpaired) electrons. The molecule has 18 heavy (non-hydrogen) atoms. The lowest BCUT2D eigenvalue weighted by Crippen LogP contribution is -2.32. The van der Waals surface area contributed by atoms with E-state index >= 15 is 0 Å². The molecule has 0 saturated carbocycles. The number of rotatable bonds is 5. The number of anilines is 1. The Morgan fingerprint density at radius 2 is 2.11 bits per heavy atom. The Morgan fingerprint density at radius 3 is 2.61 bits per heavy atom. The largest absolute Gasteiger partial charge is 0.481 e. The van der Waals surface area contributed by atoms with Crippen LogP contribution >= 0.6 is 11.6 Å². The molecule has 0 aliphatic carbocycles. The van der Waals surface area contributed by atoms with Crippen molar-refractivity contribution in [3.8, 4) is 6.07 Å². The minimum atomic E-state index is -1.31. The topological polar surface area (TPSA) is 110 Å². The van der Waals surface area contributed by atoms with Crippen molar-refractivity contribution >= 4 is 29.2 Å². The SMILES string of the molecule is N#Cc1cc(Cl)ccc1NC(CC(=O)O)C(=O)O. The molecular weight excluding hydrogens is 260 g/mol. The number of benzene rings is 1. The third-order valence-corrected chi connectivity index (χ3v) is 2.34. The molecule has 94 valence electrons. The molecule has 0 bridgehead atoms. The van der Waals surface area contributed by atoms with Crippen molar-refractivity contribution in [2.24, 2.45) is 0 Å². The first-order chi connectivity index (χ1) is 8.43. The molecular formula is C11H9ClN2O4. The van der Waals surface area contributed by atoms with Crippen molar-refractivity contribution in [2.45, 2.75) is 12.5 Å². The van der Waals surface area contributed by atoms with E-state index in [0.29, 0.717) is 5.02 Å². The van der Waals surface area contributed by atoms with Gasteiger partial charge in [-0.2, -0.15) is 5.26 Å². The van der Waals surface area contributed by atoms with Gasteiger partial charge in [0.1, 0.15) is 12.1 Å². The summed E-state index contributed by atoms with van der Waals surface area (Å²) in [6, 6.07) is 4.81. The van der Waals surface area contributed by atoms with Crippen LogP contribution in [0.2, 0.25) is 5.02 Å². The number of nitrogens with one attached hydrogen (secondary N) is 1. The van der Waals surface area contributed by atoms with E-state index < -0.39 is 24.4 Å². The van der Waals surface area contributed by atoms with Gasteiger partial charge in [0.15, 0.2) is 0 Å². The number of carbonyl (C=O) groups is 2. The third-order valence-electron chi connectivity index (χ3n) is 2.11. The second-order valence-corrected chi connectivity index (χ2v) is 3.87. The fraction of sp³-hybridized carbons (Fsp3) is 0.182. The summed E-state index contributed by atoms with van der Waals surface area (Å²) in [5.41, 5.74) is 0.384. The Hall–Kier alpha value is -2.26. The van der Waals surface area contributed by atoms with Gasteiger partial charge in [-0.05, 0) is 18.2 Å². The summed E-state index contributed by atoms with van der Waals surface area (Å²) in [5, 5.41) is 29.2. The first kappa shape index (κ1) is 13.8. The Bertz CT molecular complexity index is 524. The van der Waals surface area contributed by atoms with Gasteiger partial charge >= 0.3 is 11.9 Å². The van der Waals surface area contributed by atoms with Crippen LogP contribution in [0.4, 0.5) is 5.69 Å². The van der Waals surface area contributed by atoms with Gasteiger partial charge in [0.2, 0.25) is 0 Å². The molecule has 0 amide bonds. The molecule has 1 aromatic carbocycles. The molecule has 6 nitrogen and oxygen atoms in total. The predicted octanol–water partition coefficient (Wildman–Crippen LogP) is 1.55. The maximum Gasteiger partial charge on any atom is 0.326 e. The second kappa shape index (κ2) is 5.89. The van der Waals surface area contributed by atoms with Gasteiger partial charge < -0.3 is 15.5 Å². The summed E-state index contributed by atoms with van der Waals surface area (Å²) in [5.74, 6) is -2.56. The number of carboxylic acid groups (broad SMARTS) is 2. The maximum atomic E-state index is 10.9. The Kier molecular flexibility index (Phi) is 4.52. The number of nitrogens with zero attached hydrogens (tertiary/aromatic N) is 1. The van der Waals surface area contributed by atoms with E-state index in [1.807, 2.05) is 6.07 Å². The molecule has 1 rings (SSSR count). The molecule has 0 aliphatic heterocycles. The van der Waals surface area contributed by atoms with Crippen molar-refractivity contribution in [2.75, 3.05) is 5.32 Å². The van der Waals surface area contributed by atoms with Crippen molar-refractivity contribution in [1.29, 1.82) is 5.26 Å². The standard InChI is InChI=1S/C11H9ClN2O4/c12-7-1-2-8(6(3-7)5-13)14-9(11(17)18)4-10(15)16/h1-3,9,14H,4H2,(H,15,16)(H,17,18). The third kappa shape index (κ3) is 3.64.